The van der Waals surface area contributed by atoms with E-state index in [9.17, 15) is 4.79 Å². The molecule has 4 saturated carbocycles. The van der Waals surface area contributed by atoms with Crippen LogP contribution >= 0.6 is 0 Å². The largest absolute Gasteiger partial charge is 0.497 e. The Morgan fingerprint density at radius 2 is 1.73 bits per heavy atom. The predicted molar refractivity (Wildman–Crippen MR) is 99.4 cm³/mol. The maximum atomic E-state index is 12.8. The molecule has 4 bridgehead atoms. The highest BCUT2D eigenvalue weighted by Gasteiger charge is 2.53. The van der Waals surface area contributed by atoms with E-state index in [4.69, 9.17) is 9.72 Å². The molecule has 0 N–H and O–H groups in total. The molecule has 0 radical (unpaired) electrons. The number of ether oxygens (including phenoxy) is 1. The number of imidazole rings is 1. The third-order valence-corrected chi connectivity index (χ3v) is 6.95. The van der Waals surface area contributed by atoms with Gasteiger partial charge in [-0.25, -0.2) is 4.98 Å². The zero-order valence-electron chi connectivity index (χ0n) is 15.4. The number of aromatic nitrogens is 2. The average Bonchev–Trinajstić information content (AvgIpc) is 3.09. The van der Waals surface area contributed by atoms with Crippen molar-refractivity contribution in [1.29, 1.82) is 0 Å². The standard InChI is InChI=1S/C22H26N2O2/c1-26-19-4-2-18(3-5-19)20(25)14-24-7-6-23-21(24)22-11-15-8-16(12-22)10-17(9-15)13-22/h2-7,15-17H,8-14H2,1H3. The zero-order valence-corrected chi connectivity index (χ0v) is 15.4. The van der Waals surface area contributed by atoms with Gasteiger partial charge >= 0.3 is 0 Å². The van der Waals surface area contributed by atoms with Crippen molar-refractivity contribution in [2.24, 2.45) is 17.8 Å². The van der Waals surface area contributed by atoms with Crippen LogP contribution in [0.2, 0.25) is 0 Å². The van der Waals surface area contributed by atoms with Gasteiger partial charge < -0.3 is 9.30 Å². The Morgan fingerprint density at radius 1 is 1.12 bits per heavy atom. The highest BCUT2D eigenvalue weighted by Crippen LogP contribution is 2.60. The van der Waals surface area contributed by atoms with Crippen molar-refractivity contribution in [3.63, 3.8) is 0 Å². The summed E-state index contributed by atoms with van der Waals surface area (Å²) in [5.41, 5.74) is 0.953. The normalized spacial score (nSPS) is 32.0. The molecule has 2 aromatic rings. The van der Waals surface area contributed by atoms with Crippen LogP contribution in [-0.4, -0.2) is 22.4 Å². The van der Waals surface area contributed by atoms with Gasteiger partial charge in [-0.2, -0.15) is 0 Å². The van der Waals surface area contributed by atoms with Crippen LogP contribution in [0.4, 0.5) is 0 Å². The molecule has 136 valence electrons. The van der Waals surface area contributed by atoms with Gasteiger partial charge in [-0.15, -0.1) is 0 Å². The van der Waals surface area contributed by atoms with E-state index in [1.54, 1.807) is 7.11 Å². The smallest absolute Gasteiger partial charge is 0.182 e. The minimum atomic E-state index is 0.136. The van der Waals surface area contributed by atoms with E-state index in [0.717, 1.165) is 29.1 Å². The molecule has 4 fully saturated rings. The van der Waals surface area contributed by atoms with E-state index >= 15 is 0 Å². The lowest BCUT2D eigenvalue weighted by Crippen LogP contribution is -2.49. The van der Waals surface area contributed by atoms with Gasteiger partial charge in [-0.05, 0) is 80.5 Å². The van der Waals surface area contributed by atoms with Crippen molar-refractivity contribution in [3.8, 4) is 5.75 Å². The molecule has 1 aromatic heterocycles. The lowest BCUT2D eigenvalue weighted by Gasteiger charge is -2.56. The molecule has 4 heteroatoms. The quantitative estimate of drug-likeness (QED) is 0.758. The lowest BCUT2D eigenvalue weighted by molar-refractivity contribution is -0.0108. The molecule has 26 heavy (non-hydrogen) atoms. The Bertz CT molecular complexity index is 786. The Balaban J connectivity index is 1.40. The van der Waals surface area contributed by atoms with Gasteiger partial charge in [0.15, 0.2) is 5.78 Å². The number of benzene rings is 1. The SMILES string of the molecule is COc1ccc(C(=O)Cn2ccnc2C23CC4CC(CC(C4)C2)C3)cc1. The van der Waals surface area contributed by atoms with Gasteiger partial charge in [-0.1, -0.05) is 0 Å². The first-order chi connectivity index (χ1) is 12.6. The van der Waals surface area contributed by atoms with E-state index in [2.05, 4.69) is 4.57 Å². The maximum Gasteiger partial charge on any atom is 0.182 e. The van der Waals surface area contributed by atoms with Gasteiger partial charge in [0.25, 0.3) is 0 Å². The molecule has 0 aliphatic heterocycles. The fraction of sp³-hybridized carbons (Fsp3) is 0.545. The highest BCUT2D eigenvalue weighted by molar-refractivity contribution is 5.96. The van der Waals surface area contributed by atoms with Crippen LogP contribution in [-0.2, 0) is 12.0 Å². The first kappa shape index (κ1) is 16.1. The average molecular weight is 350 g/mol. The number of rotatable bonds is 5. The predicted octanol–water partition coefficient (Wildman–Crippen LogP) is 4.24. The molecule has 1 aromatic carbocycles. The van der Waals surface area contributed by atoms with Crippen molar-refractivity contribution in [2.45, 2.75) is 50.5 Å². The maximum absolute atomic E-state index is 12.8. The summed E-state index contributed by atoms with van der Waals surface area (Å²) in [7, 11) is 1.64. The lowest BCUT2D eigenvalue weighted by atomic mass is 9.49. The second kappa shape index (κ2) is 5.97. The molecule has 4 aliphatic rings. The monoisotopic (exact) mass is 350 g/mol. The van der Waals surface area contributed by atoms with E-state index < -0.39 is 0 Å². The molecule has 4 nitrogen and oxygen atoms in total. The summed E-state index contributed by atoms with van der Waals surface area (Å²) < 4.78 is 7.31. The van der Waals surface area contributed by atoms with Gasteiger partial charge in [0.2, 0.25) is 0 Å². The molecule has 0 atom stereocenters. The number of Topliss-reactive ketones (excluding diaryl/α,β-unsaturated/α-hetero) is 1. The molecular formula is C22H26N2O2. The fourth-order valence-corrected chi connectivity index (χ4v) is 6.31. The van der Waals surface area contributed by atoms with E-state index in [1.807, 2.05) is 36.7 Å². The number of nitrogens with zero attached hydrogens (tertiary/aromatic N) is 2. The van der Waals surface area contributed by atoms with Gasteiger partial charge in [0.1, 0.15) is 11.6 Å². The zero-order chi connectivity index (χ0) is 17.7. The Kier molecular flexibility index (Phi) is 3.70. The number of carbonyl (C=O) groups excluding carboxylic acids is 1. The highest BCUT2D eigenvalue weighted by atomic mass is 16.5. The molecule has 4 aliphatic carbocycles. The molecule has 6 rings (SSSR count). The van der Waals surface area contributed by atoms with E-state index in [-0.39, 0.29) is 11.2 Å². The first-order valence-electron chi connectivity index (χ1n) is 9.84. The number of ketones is 1. The van der Waals surface area contributed by atoms with Crippen LogP contribution in [0, 0.1) is 17.8 Å². The van der Waals surface area contributed by atoms with Crippen LogP contribution in [0.3, 0.4) is 0 Å². The fourth-order valence-electron chi connectivity index (χ4n) is 6.31. The molecule has 1 heterocycles. The molecule has 0 amide bonds. The second-order valence-electron chi connectivity index (χ2n) is 8.73. The number of methoxy groups -OCH3 is 1. The van der Waals surface area contributed by atoms with Crippen LogP contribution in [0.1, 0.15) is 54.7 Å². The topological polar surface area (TPSA) is 44.1 Å². The third-order valence-electron chi connectivity index (χ3n) is 6.95. The van der Waals surface area contributed by atoms with Gasteiger partial charge in [0, 0.05) is 23.4 Å². The first-order valence-corrected chi connectivity index (χ1v) is 9.84. The minimum absolute atomic E-state index is 0.136. The summed E-state index contributed by atoms with van der Waals surface area (Å²) in [6.45, 7) is 0.378. The summed E-state index contributed by atoms with van der Waals surface area (Å²) in [5.74, 6) is 4.71. The summed E-state index contributed by atoms with van der Waals surface area (Å²) in [6, 6.07) is 7.40. The summed E-state index contributed by atoms with van der Waals surface area (Å²) >= 11 is 0. The summed E-state index contributed by atoms with van der Waals surface area (Å²) in [6.07, 6.45) is 12.0. The van der Waals surface area contributed by atoms with Crippen LogP contribution in [0.5, 0.6) is 5.75 Å². The molecular weight excluding hydrogens is 324 g/mol. The van der Waals surface area contributed by atoms with Gasteiger partial charge in [-0.3, -0.25) is 4.79 Å². The number of carbonyl (C=O) groups is 1. The summed E-state index contributed by atoms with van der Waals surface area (Å²) in [4.78, 5) is 17.6. The van der Waals surface area contributed by atoms with E-state index in [0.29, 0.717) is 6.54 Å². The van der Waals surface area contributed by atoms with Crippen molar-refractivity contribution in [2.75, 3.05) is 7.11 Å². The number of hydrogen-bond donors (Lipinski definition) is 0. The Morgan fingerprint density at radius 3 is 2.31 bits per heavy atom. The molecule has 0 unspecified atom stereocenters. The Labute approximate surface area is 154 Å². The van der Waals surface area contributed by atoms with Crippen molar-refractivity contribution >= 4 is 5.78 Å². The van der Waals surface area contributed by atoms with Crippen LogP contribution in [0.25, 0.3) is 0 Å². The summed E-state index contributed by atoms with van der Waals surface area (Å²) in [5, 5.41) is 0. The minimum Gasteiger partial charge on any atom is -0.497 e. The van der Waals surface area contributed by atoms with Gasteiger partial charge in [0.05, 0.1) is 13.7 Å². The molecule has 0 spiro atoms. The van der Waals surface area contributed by atoms with Crippen LogP contribution < -0.4 is 4.74 Å². The number of hydrogen-bond acceptors (Lipinski definition) is 3. The van der Waals surface area contributed by atoms with Crippen molar-refractivity contribution in [3.05, 3.63) is 48.0 Å². The van der Waals surface area contributed by atoms with Crippen LogP contribution in [0.15, 0.2) is 36.7 Å². The van der Waals surface area contributed by atoms with E-state index in [1.165, 1.54) is 44.3 Å². The Hall–Kier alpha value is -2.10. The van der Waals surface area contributed by atoms with Crippen molar-refractivity contribution < 1.29 is 9.53 Å². The second-order valence-corrected chi connectivity index (χ2v) is 8.73. The van der Waals surface area contributed by atoms with Crippen molar-refractivity contribution in [1.82, 2.24) is 9.55 Å². The third kappa shape index (κ3) is 2.58. The molecule has 0 saturated heterocycles.